The van der Waals surface area contributed by atoms with Crippen molar-refractivity contribution in [3.05, 3.63) is 60.2 Å². The number of anilines is 2. The fourth-order valence-electron chi connectivity index (χ4n) is 3.59. The van der Waals surface area contributed by atoms with Crippen molar-refractivity contribution in [2.24, 2.45) is 5.92 Å². The van der Waals surface area contributed by atoms with Crippen molar-refractivity contribution in [2.75, 3.05) is 16.8 Å². The summed E-state index contributed by atoms with van der Waals surface area (Å²) in [5.41, 5.74) is 2.49. The van der Waals surface area contributed by atoms with E-state index in [1.807, 2.05) is 54.6 Å². The largest absolute Gasteiger partial charge is 0.372 e. The molecule has 2 atom stereocenters. The van der Waals surface area contributed by atoms with Crippen LogP contribution in [0.3, 0.4) is 0 Å². The first-order chi connectivity index (χ1) is 13.6. The highest BCUT2D eigenvalue weighted by Crippen LogP contribution is 2.31. The number of hydrogen-bond donors (Lipinski definition) is 3. The molecule has 0 saturated heterocycles. The van der Waals surface area contributed by atoms with E-state index < -0.39 is 12.1 Å². The van der Waals surface area contributed by atoms with Gasteiger partial charge in [-0.2, -0.15) is 0 Å². The van der Waals surface area contributed by atoms with Crippen LogP contribution < -0.4 is 15.5 Å². The van der Waals surface area contributed by atoms with Crippen LogP contribution in [0.2, 0.25) is 0 Å². The second kappa shape index (κ2) is 8.02. The van der Waals surface area contributed by atoms with Crippen molar-refractivity contribution in [2.45, 2.75) is 38.0 Å². The number of amides is 2. The smallest absolute Gasteiger partial charge is 0.228 e. The Balaban J connectivity index is 1.52. The van der Waals surface area contributed by atoms with Crippen LogP contribution >= 0.6 is 0 Å². The van der Waals surface area contributed by atoms with Crippen molar-refractivity contribution in [1.82, 2.24) is 5.32 Å². The molecule has 0 bridgehead atoms. The van der Waals surface area contributed by atoms with Crippen LogP contribution in [0, 0.1) is 5.92 Å². The second-order valence-electron chi connectivity index (χ2n) is 7.56. The van der Waals surface area contributed by atoms with Crippen LogP contribution in [-0.2, 0) is 16.0 Å². The van der Waals surface area contributed by atoms with Crippen molar-refractivity contribution in [3.8, 4) is 0 Å². The van der Waals surface area contributed by atoms with Crippen molar-refractivity contribution in [1.29, 1.82) is 0 Å². The summed E-state index contributed by atoms with van der Waals surface area (Å²) in [6.45, 7) is 0.165. The zero-order chi connectivity index (χ0) is 19.5. The van der Waals surface area contributed by atoms with Crippen LogP contribution in [0.4, 0.5) is 11.4 Å². The van der Waals surface area contributed by atoms with Gasteiger partial charge in [0.25, 0.3) is 0 Å². The fraction of sp³-hybridized carbons (Fsp3) is 0.364. The number of carbonyl (C=O) groups excluding carboxylic acids is 2. The average molecular weight is 379 g/mol. The van der Waals surface area contributed by atoms with Gasteiger partial charge in [-0.15, -0.1) is 0 Å². The Morgan fingerprint density at radius 1 is 1.11 bits per heavy atom. The van der Waals surface area contributed by atoms with Crippen molar-refractivity contribution in [3.63, 3.8) is 0 Å². The molecule has 1 aliphatic carbocycles. The summed E-state index contributed by atoms with van der Waals surface area (Å²) in [7, 11) is 0. The van der Waals surface area contributed by atoms with E-state index in [1.54, 1.807) is 4.90 Å². The maximum Gasteiger partial charge on any atom is 0.228 e. The molecule has 0 aromatic heterocycles. The zero-order valence-corrected chi connectivity index (χ0v) is 15.7. The van der Waals surface area contributed by atoms with Gasteiger partial charge in [-0.25, -0.2) is 0 Å². The monoisotopic (exact) mass is 379 g/mol. The zero-order valence-electron chi connectivity index (χ0n) is 15.7. The van der Waals surface area contributed by atoms with Gasteiger partial charge >= 0.3 is 0 Å². The maximum absolute atomic E-state index is 13.1. The molecule has 1 fully saturated rings. The lowest BCUT2D eigenvalue weighted by atomic mass is 9.94. The molecule has 2 aromatic carbocycles. The second-order valence-corrected chi connectivity index (χ2v) is 7.56. The Morgan fingerprint density at radius 3 is 2.57 bits per heavy atom. The van der Waals surface area contributed by atoms with Gasteiger partial charge in [-0.3, -0.25) is 9.59 Å². The summed E-state index contributed by atoms with van der Waals surface area (Å²) in [5.74, 6) is -0.654. The molecule has 0 spiro atoms. The standard InChI is InChI=1S/C22H25N3O3/c26-20-14-25(19-9-5-4-8-18(19)24-20)21(27)13-16(22(28)23-17-10-11-17)12-15-6-2-1-3-7-15/h1-9,16-17,20,24,26H,10-14H2,(H,23,28). The molecule has 1 saturated carbocycles. The molecule has 3 N–H and O–H groups in total. The predicted molar refractivity (Wildman–Crippen MR) is 108 cm³/mol. The van der Waals surface area contributed by atoms with Crippen LogP contribution in [0.1, 0.15) is 24.8 Å². The molecule has 0 radical (unpaired) electrons. The lowest BCUT2D eigenvalue weighted by Crippen LogP contribution is -2.46. The van der Waals surface area contributed by atoms with Gasteiger partial charge in [0, 0.05) is 12.5 Å². The molecular formula is C22H25N3O3. The molecule has 6 heteroatoms. The quantitative estimate of drug-likeness (QED) is 0.719. The number of aliphatic hydroxyl groups excluding tert-OH is 1. The van der Waals surface area contributed by atoms with E-state index in [0.717, 1.165) is 29.8 Å². The van der Waals surface area contributed by atoms with Crippen molar-refractivity contribution >= 4 is 23.2 Å². The average Bonchev–Trinajstić information content (AvgIpc) is 3.51. The SMILES string of the molecule is O=C(NC1CC1)C(CC(=O)N1CC(O)Nc2ccccc21)Cc1ccccc1. The van der Waals surface area contributed by atoms with Gasteiger partial charge in [0.1, 0.15) is 6.23 Å². The molecule has 6 nitrogen and oxygen atoms in total. The first-order valence-electron chi connectivity index (χ1n) is 9.78. The Hall–Kier alpha value is -2.86. The topological polar surface area (TPSA) is 81.7 Å². The van der Waals surface area contributed by atoms with E-state index in [9.17, 15) is 14.7 Å². The van der Waals surface area contributed by atoms with Gasteiger partial charge in [-0.05, 0) is 37.0 Å². The lowest BCUT2D eigenvalue weighted by Gasteiger charge is -2.34. The van der Waals surface area contributed by atoms with Gasteiger partial charge < -0.3 is 20.6 Å². The van der Waals surface area contributed by atoms with Crippen LogP contribution in [0.5, 0.6) is 0 Å². The molecule has 2 unspecified atom stereocenters. The highest BCUT2D eigenvalue weighted by atomic mass is 16.3. The van der Waals surface area contributed by atoms with E-state index in [0.29, 0.717) is 6.42 Å². The third-order valence-corrected chi connectivity index (χ3v) is 5.21. The normalized spacial score (nSPS) is 19.3. The van der Waals surface area contributed by atoms with E-state index in [4.69, 9.17) is 0 Å². The number of aliphatic hydroxyl groups is 1. The number of benzene rings is 2. The number of nitrogens with one attached hydrogen (secondary N) is 2. The van der Waals surface area contributed by atoms with Crippen LogP contribution in [0.25, 0.3) is 0 Å². The van der Waals surface area contributed by atoms with Crippen LogP contribution in [-0.4, -0.2) is 35.7 Å². The molecule has 28 heavy (non-hydrogen) atoms. The summed E-state index contributed by atoms with van der Waals surface area (Å²) < 4.78 is 0. The molecular weight excluding hydrogens is 354 g/mol. The Labute approximate surface area is 164 Å². The maximum atomic E-state index is 13.1. The summed E-state index contributed by atoms with van der Waals surface area (Å²) in [6, 6.07) is 17.4. The van der Waals surface area contributed by atoms with Gasteiger partial charge in [-0.1, -0.05) is 42.5 Å². The summed E-state index contributed by atoms with van der Waals surface area (Å²) in [4.78, 5) is 27.5. The highest BCUT2D eigenvalue weighted by Gasteiger charge is 2.32. The van der Waals surface area contributed by atoms with E-state index in [1.165, 1.54) is 0 Å². The molecule has 2 aromatic rings. The number of β-amino-alcohol motifs (C(OH)–C–C–N with tert-alkyl or cyclic N) is 1. The molecule has 1 aliphatic heterocycles. The summed E-state index contributed by atoms with van der Waals surface area (Å²) >= 11 is 0. The molecule has 4 rings (SSSR count). The number of nitrogens with zero attached hydrogens (tertiary/aromatic N) is 1. The van der Waals surface area contributed by atoms with Gasteiger partial charge in [0.05, 0.1) is 23.8 Å². The minimum atomic E-state index is -0.827. The molecule has 1 heterocycles. The number of fused-ring (bicyclic) bond motifs is 1. The number of carbonyl (C=O) groups is 2. The predicted octanol–water partition coefficient (Wildman–Crippen LogP) is 2.29. The first-order valence-corrected chi connectivity index (χ1v) is 9.78. The molecule has 146 valence electrons. The third kappa shape index (κ3) is 4.34. The van der Waals surface area contributed by atoms with Gasteiger partial charge in [0.15, 0.2) is 0 Å². The third-order valence-electron chi connectivity index (χ3n) is 5.21. The van der Waals surface area contributed by atoms with Crippen molar-refractivity contribution < 1.29 is 14.7 Å². The first kappa shape index (κ1) is 18.5. The van der Waals surface area contributed by atoms with Crippen LogP contribution in [0.15, 0.2) is 54.6 Å². The Bertz CT molecular complexity index is 851. The fourth-order valence-corrected chi connectivity index (χ4v) is 3.59. The summed E-state index contributed by atoms with van der Waals surface area (Å²) in [6.07, 6.45) is 1.81. The highest BCUT2D eigenvalue weighted by molar-refractivity contribution is 5.99. The lowest BCUT2D eigenvalue weighted by molar-refractivity contribution is -0.129. The molecule has 2 amide bonds. The molecule has 2 aliphatic rings. The minimum absolute atomic E-state index is 0.0660. The Kier molecular flexibility index (Phi) is 5.30. The number of hydrogen-bond acceptors (Lipinski definition) is 4. The Morgan fingerprint density at radius 2 is 1.82 bits per heavy atom. The van der Waals surface area contributed by atoms with E-state index in [-0.39, 0.29) is 30.8 Å². The van der Waals surface area contributed by atoms with E-state index in [2.05, 4.69) is 10.6 Å². The van der Waals surface area contributed by atoms with E-state index >= 15 is 0 Å². The minimum Gasteiger partial charge on any atom is -0.372 e. The van der Waals surface area contributed by atoms with Gasteiger partial charge in [0.2, 0.25) is 11.8 Å². The summed E-state index contributed by atoms with van der Waals surface area (Å²) in [5, 5.41) is 16.1. The number of para-hydroxylation sites is 2. The number of rotatable bonds is 6.